The average Bonchev–Trinajstić information content (AvgIpc) is 3.45. The summed E-state index contributed by atoms with van der Waals surface area (Å²) in [6.45, 7) is 4.87. The van der Waals surface area contributed by atoms with Gasteiger partial charge in [-0.1, -0.05) is 41.9 Å². The molecule has 0 saturated heterocycles. The summed E-state index contributed by atoms with van der Waals surface area (Å²) in [5, 5.41) is 16.5. The second-order valence-electron chi connectivity index (χ2n) is 7.05. The van der Waals surface area contributed by atoms with E-state index in [0.29, 0.717) is 23.1 Å². The lowest BCUT2D eigenvalue weighted by molar-refractivity contribution is 0.102. The predicted molar refractivity (Wildman–Crippen MR) is 115 cm³/mol. The molecule has 4 aromatic rings. The maximum absolute atomic E-state index is 12.5. The van der Waals surface area contributed by atoms with Crippen molar-refractivity contribution in [2.75, 3.05) is 5.32 Å². The molecule has 0 aliphatic carbocycles. The number of benzene rings is 1. The summed E-state index contributed by atoms with van der Waals surface area (Å²) in [5.41, 5.74) is 3.82. The summed E-state index contributed by atoms with van der Waals surface area (Å²) in [7, 11) is 0. The van der Waals surface area contributed by atoms with Gasteiger partial charge in [-0.25, -0.2) is 4.68 Å². The zero-order chi connectivity index (χ0) is 21.1. The number of carbonyl (C=O) groups is 1. The van der Waals surface area contributed by atoms with Crippen molar-refractivity contribution in [3.05, 3.63) is 82.7 Å². The summed E-state index contributed by atoms with van der Waals surface area (Å²) in [6.07, 6.45) is 6.06. The summed E-state index contributed by atoms with van der Waals surface area (Å²) >= 11 is 6.18. The lowest BCUT2D eigenvalue weighted by Crippen LogP contribution is -2.15. The van der Waals surface area contributed by atoms with Crippen LogP contribution in [0.5, 0.6) is 0 Å². The van der Waals surface area contributed by atoms with Crippen molar-refractivity contribution in [2.45, 2.75) is 33.5 Å². The number of nitrogens with one attached hydrogen (secondary N) is 1. The van der Waals surface area contributed by atoms with Crippen LogP contribution < -0.4 is 5.32 Å². The van der Waals surface area contributed by atoms with Crippen LogP contribution in [0.4, 0.5) is 5.69 Å². The first-order chi connectivity index (χ1) is 14.5. The number of halogens is 1. The molecule has 3 aromatic heterocycles. The third-order valence-corrected chi connectivity index (χ3v) is 5.36. The molecule has 0 fully saturated rings. The molecule has 0 spiro atoms. The Labute approximate surface area is 179 Å². The molecule has 9 heteroatoms. The third-order valence-electron chi connectivity index (χ3n) is 4.81. The molecule has 154 valence electrons. The quantitative estimate of drug-likeness (QED) is 0.492. The fourth-order valence-electron chi connectivity index (χ4n) is 3.15. The minimum atomic E-state index is -0.289. The minimum absolute atomic E-state index is 0.289. The zero-order valence-electron chi connectivity index (χ0n) is 16.8. The summed E-state index contributed by atoms with van der Waals surface area (Å²) in [6, 6.07) is 11.9. The maximum Gasteiger partial charge on any atom is 0.276 e. The van der Waals surface area contributed by atoms with Gasteiger partial charge in [0.2, 0.25) is 0 Å². The molecule has 0 unspecified atom stereocenters. The van der Waals surface area contributed by atoms with Crippen molar-refractivity contribution < 1.29 is 4.79 Å². The molecule has 0 aliphatic rings. The van der Waals surface area contributed by atoms with Crippen LogP contribution in [0.15, 0.2) is 55.0 Å². The normalized spacial score (nSPS) is 11.0. The van der Waals surface area contributed by atoms with Crippen molar-refractivity contribution in [2.24, 2.45) is 0 Å². The van der Waals surface area contributed by atoms with E-state index in [9.17, 15) is 4.79 Å². The topological polar surface area (TPSA) is 82.6 Å². The Bertz CT molecular complexity index is 1160. The van der Waals surface area contributed by atoms with Gasteiger partial charge in [0.15, 0.2) is 5.69 Å². The fourth-order valence-corrected chi connectivity index (χ4v) is 3.28. The number of hydrogen-bond donors (Lipinski definition) is 1. The summed E-state index contributed by atoms with van der Waals surface area (Å²) in [5.74, 6) is -0.289. The number of rotatable bonds is 7. The van der Waals surface area contributed by atoms with Gasteiger partial charge in [-0.05, 0) is 31.9 Å². The Morgan fingerprint density at radius 3 is 2.63 bits per heavy atom. The third kappa shape index (κ3) is 4.44. The molecular weight excluding hydrogens is 402 g/mol. The van der Waals surface area contributed by atoms with Crippen molar-refractivity contribution in [3.63, 3.8) is 0 Å². The first-order valence-corrected chi connectivity index (χ1v) is 9.98. The largest absolute Gasteiger partial charge is 0.318 e. The van der Waals surface area contributed by atoms with E-state index in [1.807, 2.05) is 42.9 Å². The van der Waals surface area contributed by atoms with Crippen LogP contribution in [0, 0.1) is 13.8 Å². The molecule has 0 atom stereocenters. The van der Waals surface area contributed by atoms with Gasteiger partial charge in [-0.3, -0.25) is 14.2 Å². The predicted octanol–water partition coefficient (Wildman–Crippen LogP) is 3.55. The Hall–Kier alpha value is -3.39. The van der Waals surface area contributed by atoms with Gasteiger partial charge >= 0.3 is 0 Å². The number of anilines is 1. The van der Waals surface area contributed by atoms with Crippen molar-refractivity contribution >= 4 is 23.2 Å². The highest BCUT2D eigenvalue weighted by atomic mass is 35.5. The van der Waals surface area contributed by atoms with Crippen LogP contribution in [-0.4, -0.2) is 35.2 Å². The molecule has 8 nitrogen and oxygen atoms in total. The van der Waals surface area contributed by atoms with Gasteiger partial charge in [0.25, 0.3) is 5.91 Å². The van der Waals surface area contributed by atoms with Gasteiger partial charge < -0.3 is 5.32 Å². The summed E-state index contributed by atoms with van der Waals surface area (Å²) in [4.78, 5) is 12.5. The highest BCUT2D eigenvalue weighted by Crippen LogP contribution is 2.18. The molecule has 1 amide bonds. The van der Waals surface area contributed by atoms with Gasteiger partial charge in [-0.2, -0.15) is 15.3 Å². The highest BCUT2D eigenvalue weighted by molar-refractivity contribution is 6.31. The molecule has 0 saturated carbocycles. The van der Waals surface area contributed by atoms with Gasteiger partial charge in [0, 0.05) is 18.9 Å². The molecule has 30 heavy (non-hydrogen) atoms. The van der Waals surface area contributed by atoms with Gasteiger partial charge in [0.05, 0.1) is 28.3 Å². The standard InChI is InChI=1S/C21H22ClN7O/c1-15-20(22)16(2)29(25-15)14-28-11-9-19(26-28)21(30)24-18-12-23-27(13-18)10-8-17-6-4-3-5-7-17/h3-7,9,11-13H,8,10,14H2,1-2H3,(H,24,30). The Kier molecular flexibility index (Phi) is 5.67. The second-order valence-corrected chi connectivity index (χ2v) is 7.43. The lowest BCUT2D eigenvalue weighted by atomic mass is 10.1. The molecule has 0 aliphatic heterocycles. The second kappa shape index (κ2) is 8.54. The summed E-state index contributed by atoms with van der Waals surface area (Å²) < 4.78 is 5.21. The van der Waals surface area contributed by atoms with Crippen LogP contribution in [0.3, 0.4) is 0 Å². The smallest absolute Gasteiger partial charge is 0.276 e. The fraction of sp³-hybridized carbons (Fsp3) is 0.238. The van der Waals surface area contributed by atoms with E-state index in [-0.39, 0.29) is 5.91 Å². The van der Waals surface area contributed by atoms with E-state index in [1.165, 1.54) is 5.56 Å². The minimum Gasteiger partial charge on any atom is -0.318 e. The molecule has 0 bridgehead atoms. The van der Waals surface area contributed by atoms with E-state index in [0.717, 1.165) is 24.4 Å². The Balaban J connectivity index is 1.35. The number of hydrogen-bond acceptors (Lipinski definition) is 4. The molecule has 3 heterocycles. The van der Waals surface area contributed by atoms with Crippen LogP contribution in [0.2, 0.25) is 5.02 Å². The van der Waals surface area contributed by atoms with Crippen LogP contribution in [0.25, 0.3) is 0 Å². The molecule has 1 N–H and O–H groups in total. The van der Waals surface area contributed by atoms with Crippen molar-refractivity contribution in [1.82, 2.24) is 29.3 Å². The van der Waals surface area contributed by atoms with Crippen molar-refractivity contribution in [3.8, 4) is 0 Å². The van der Waals surface area contributed by atoms with Crippen LogP contribution >= 0.6 is 11.6 Å². The number of aryl methyl sites for hydroxylation is 3. The van der Waals surface area contributed by atoms with E-state index in [4.69, 9.17) is 11.6 Å². The number of amides is 1. The average molecular weight is 424 g/mol. The SMILES string of the molecule is Cc1nn(Cn2ccc(C(=O)Nc3cnn(CCc4ccccc4)c3)n2)c(C)c1Cl. The first kappa shape index (κ1) is 19.9. The van der Waals surface area contributed by atoms with Gasteiger partial charge in [0.1, 0.15) is 6.67 Å². The van der Waals surface area contributed by atoms with Crippen molar-refractivity contribution in [1.29, 1.82) is 0 Å². The number of carbonyl (C=O) groups excluding carboxylic acids is 1. The molecule has 4 rings (SSSR count). The van der Waals surface area contributed by atoms with E-state index in [2.05, 4.69) is 32.7 Å². The monoisotopic (exact) mass is 423 g/mol. The molecular formula is C21H22ClN7O. The maximum atomic E-state index is 12.5. The molecule has 0 radical (unpaired) electrons. The van der Waals surface area contributed by atoms with Crippen LogP contribution in [-0.2, 0) is 19.6 Å². The Morgan fingerprint density at radius 1 is 1.10 bits per heavy atom. The lowest BCUT2D eigenvalue weighted by Gasteiger charge is -2.04. The van der Waals surface area contributed by atoms with E-state index in [1.54, 1.807) is 27.8 Å². The van der Waals surface area contributed by atoms with E-state index < -0.39 is 0 Å². The molecule has 1 aromatic carbocycles. The first-order valence-electron chi connectivity index (χ1n) is 9.60. The Morgan fingerprint density at radius 2 is 1.90 bits per heavy atom. The highest BCUT2D eigenvalue weighted by Gasteiger charge is 2.13. The zero-order valence-corrected chi connectivity index (χ0v) is 17.5. The van der Waals surface area contributed by atoms with E-state index >= 15 is 0 Å². The number of nitrogens with zero attached hydrogens (tertiary/aromatic N) is 6. The number of aromatic nitrogens is 6. The van der Waals surface area contributed by atoms with Crippen LogP contribution in [0.1, 0.15) is 27.4 Å². The van der Waals surface area contributed by atoms with Gasteiger partial charge in [-0.15, -0.1) is 0 Å².